The molecule has 1 aliphatic rings. The molecule has 0 spiro atoms. The summed E-state index contributed by atoms with van der Waals surface area (Å²) in [6.07, 6.45) is 1.70. The first-order valence-electron chi connectivity index (χ1n) is 31.6. The highest BCUT2D eigenvalue weighted by atomic mass is 32.1. The van der Waals surface area contributed by atoms with E-state index < -0.39 is 212 Å². The number of imidazole rings is 1. The van der Waals surface area contributed by atoms with Crippen LogP contribution in [0.5, 0.6) is 0 Å². The number of hydrogen-bond donors (Lipinski definition) is 22. The lowest BCUT2D eigenvalue weighted by atomic mass is 10.0. The number of carbonyl (C=O) groups excluding carboxylic acids is 14. The second-order valence-corrected chi connectivity index (χ2v) is 24.7. The van der Waals surface area contributed by atoms with E-state index in [4.69, 9.17) is 17.2 Å². The molecule has 1 aliphatic heterocycles. The molecule has 0 saturated carbocycles. The highest BCUT2D eigenvalue weighted by molar-refractivity contribution is 7.80. The van der Waals surface area contributed by atoms with E-state index in [1.54, 1.807) is 41.5 Å². The normalized spacial score (nSPS) is 16.0. The monoisotopic (exact) mass is 1390 g/mol. The Morgan fingerprint density at radius 2 is 1.10 bits per heavy atom. The van der Waals surface area contributed by atoms with Gasteiger partial charge < -0.3 is 112 Å². The average Bonchev–Trinajstić information content (AvgIpc) is 1.46. The molecule has 2 heterocycles. The molecule has 0 bridgehead atoms. The Balaban J connectivity index is 2.06. The Kier molecular flexibility index (Phi) is 37.2. The summed E-state index contributed by atoms with van der Waals surface area (Å²) < 4.78 is 0. The summed E-state index contributed by atoms with van der Waals surface area (Å²) >= 11 is 4.10. The number of aliphatic hydroxyl groups is 2. The van der Waals surface area contributed by atoms with Crippen LogP contribution in [0.2, 0.25) is 0 Å². The van der Waals surface area contributed by atoms with Crippen molar-refractivity contribution in [1.82, 2.24) is 84.4 Å². The number of carbonyl (C=O) groups is 15. The summed E-state index contributed by atoms with van der Waals surface area (Å²) in [5, 5.41) is 64.4. The maximum absolute atomic E-state index is 13.7. The van der Waals surface area contributed by atoms with Crippen molar-refractivity contribution in [3.63, 3.8) is 0 Å². The van der Waals surface area contributed by atoms with Crippen LogP contribution in [-0.2, 0) is 78.3 Å². The van der Waals surface area contributed by atoms with Gasteiger partial charge in [0.1, 0.15) is 60.4 Å². The van der Waals surface area contributed by atoms with E-state index in [2.05, 4.69) is 102 Å². The molecular weight excluding hydrogens is 1300 g/mol. The van der Waals surface area contributed by atoms with Crippen LogP contribution in [0.25, 0.3) is 0 Å². The molecule has 1 aromatic rings. The molecule has 24 N–H and O–H groups in total. The van der Waals surface area contributed by atoms with Gasteiger partial charge >= 0.3 is 5.97 Å². The third-order valence-corrected chi connectivity index (χ3v) is 14.9. The number of aromatic nitrogens is 2. The Morgan fingerprint density at radius 1 is 0.588 bits per heavy atom. The minimum Gasteiger partial charge on any atom is -0.480 e. The zero-order valence-electron chi connectivity index (χ0n) is 55.7. The highest BCUT2D eigenvalue weighted by Gasteiger charge is 2.37. The van der Waals surface area contributed by atoms with Gasteiger partial charge in [-0.25, -0.2) is 9.78 Å². The molecule has 1 fully saturated rings. The van der Waals surface area contributed by atoms with E-state index in [0.717, 1.165) is 6.42 Å². The topological polar surface area (TPSA) is 604 Å². The van der Waals surface area contributed by atoms with Gasteiger partial charge in [-0.05, 0) is 83.1 Å². The maximum atomic E-state index is 13.7. The SMILES string of the molecule is CC(C)C[C@H](NC(=O)[C@H](Cc1cnc[nH]1)NC(=O)[C@H](C)NC(=O)[C@H](CCC(N)=O)NC(=O)CNC(=O)[C@H](CS)NC(=O)[C@H](CO)NC(=O)[C@H](CC(C)C)NC(=O)CNC(=O)CNC(=O)[C@H](CCCN=C(N)N)NC(=O)[C@@H](NC(=O)[C@@H](NC(=O)[C@@H]1CCCN1)[C@@H](C)O)C(C)C)C(=O)O. The van der Waals surface area contributed by atoms with Crippen molar-refractivity contribution in [2.24, 2.45) is 39.9 Å². The number of carboxylic acids is 1. The smallest absolute Gasteiger partial charge is 0.326 e. The summed E-state index contributed by atoms with van der Waals surface area (Å²) in [4.78, 5) is 208. The Labute approximate surface area is 565 Å². The number of amides is 14. The van der Waals surface area contributed by atoms with Gasteiger partial charge in [-0.1, -0.05) is 41.5 Å². The van der Waals surface area contributed by atoms with Crippen molar-refractivity contribution in [3.05, 3.63) is 18.2 Å². The number of thiol groups is 1. The van der Waals surface area contributed by atoms with E-state index >= 15 is 0 Å². The van der Waals surface area contributed by atoms with E-state index in [1.165, 1.54) is 26.4 Å². The lowest BCUT2D eigenvalue weighted by molar-refractivity contribution is -0.143. The van der Waals surface area contributed by atoms with Gasteiger partial charge in [0.2, 0.25) is 82.7 Å². The molecule has 0 aromatic carbocycles. The first kappa shape index (κ1) is 83.8. The van der Waals surface area contributed by atoms with Crippen molar-refractivity contribution >= 4 is 107 Å². The zero-order valence-corrected chi connectivity index (χ0v) is 56.6. The Morgan fingerprint density at radius 3 is 1.64 bits per heavy atom. The van der Waals surface area contributed by atoms with E-state index in [1.807, 2.05) is 0 Å². The van der Waals surface area contributed by atoms with Crippen molar-refractivity contribution < 1.29 is 87.2 Å². The van der Waals surface area contributed by atoms with Gasteiger partial charge in [-0.2, -0.15) is 12.6 Å². The molecule has 0 radical (unpaired) electrons. The first-order chi connectivity index (χ1) is 45.6. The van der Waals surface area contributed by atoms with Gasteiger partial charge in [0.15, 0.2) is 5.96 Å². The van der Waals surface area contributed by atoms with Gasteiger partial charge in [-0.3, -0.25) is 72.1 Å². The molecule has 38 nitrogen and oxygen atoms in total. The van der Waals surface area contributed by atoms with Crippen molar-refractivity contribution in [2.45, 2.75) is 186 Å². The minimum absolute atomic E-state index is 0.0344. The average molecular weight is 1400 g/mol. The molecular formula is C58H98N20O18S. The van der Waals surface area contributed by atoms with Crippen LogP contribution in [0.1, 0.15) is 112 Å². The standard InChI is InChI=1S/C58H98N20O18S/c1-27(2)17-36(71-43(83)22-65-42(82)21-66-48(86)34(12-10-16-64-58(60)61)72-55(93)45(29(5)6)77-56(94)46(31(8)80)78-50(88)33-11-9-15-63-33)52(90)75-39(24-79)54(92)76-40(25-97)49(87)67-23-44(84)70-35(13-14-41(59)81)51(89)69-30(7)47(85)73-37(19-32-20-62-26-68-32)53(91)74-38(57(95)96)18-28(3)4/h20,26-31,33-40,45-46,63,79-80,97H,9-19,21-25H2,1-8H3,(H2,59,81)(H,62,68)(H,65,82)(H,66,86)(H,67,87)(H,69,89)(H,70,84)(H,71,83)(H,72,93)(H,73,85)(H,74,91)(H,75,90)(H,76,92)(H,77,94)(H,78,88)(H,95,96)(H4,60,61,64)/t30-,31+,33-,34-,35-,36-,37-,38-,39-,40-,45-,46-/m0/s1. The molecule has 39 heteroatoms. The fourth-order valence-corrected chi connectivity index (χ4v) is 9.61. The third-order valence-electron chi connectivity index (χ3n) is 14.6. The lowest BCUT2D eigenvalue weighted by Gasteiger charge is -2.28. The number of aliphatic hydroxyl groups excluding tert-OH is 2. The predicted molar refractivity (Wildman–Crippen MR) is 350 cm³/mol. The number of nitrogens with one attached hydrogen (secondary N) is 15. The van der Waals surface area contributed by atoms with Crippen molar-refractivity contribution in [1.29, 1.82) is 0 Å². The van der Waals surface area contributed by atoms with Gasteiger partial charge in [0.05, 0.1) is 44.7 Å². The zero-order chi connectivity index (χ0) is 73.2. The summed E-state index contributed by atoms with van der Waals surface area (Å²) in [6.45, 7) is 9.92. The van der Waals surface area contributed by atoms with E-state index in [9.17, 15) is 87.2 Å². The number of nitrogens with two attached hydrogens (primary N) is 3. The number of H-pyrrole nitrogens is 1. The van der Waals surface area contributed by atoms with Gasteiger partial charge in [-0.15, -0.1) is 0 Å². The van der Waals surface area contributed by atoms with Crippen LogP contribution < -0.4 is 91.6 Å². The fourth-order valence-electron chi connectivity index (χ4n) is 9.35. The molecule has 1 saturated heterocycles. The molecule has 544 valence electrons. The summed E-state index contributed by atoms with van der Waals surface area (Å²) in [5.41, 5.74) is 16.6. The number of aromatic amines is 1. The number of nitrogens with zero attached hydrogens (tertiary/aromatic N) is 2. The number of rotatable bonds is 44. The largest absolute Gasteiger partial charge is 0.480 e. The molecule has 2 rings (SSSR count). The second-order valence-electron chi connectivity index (χ2n) is 24.3. The number of aliphatic carboxylic acids is 1. The summed E-state index contributed by atoms with van der Waals surface area (Å²) in [6, 6.07) is -14.9. The van der Waals surface area contributed by atoms with Crippen molar-refractivity contribution in [2.75, 3.05) is 45.1 Å². The van der Waals surface area contributed by atoms with Crippen LogP contribution >= 0.6 is 12.6 Å². The fraction of sp³-hybridized carbons (Fsp3) is 0.672. The van der Waals surface area contributed by atoms with Gasteiger partial charge in [0, 0.05) is 37.0 Å². The molecule has 0 unspecified atom stereocenters. The summed E-state index contributed by atoms with van der Waals surface area (Å²) in [5.74, 6) is -15.6. The van der Waals surface area contributed by atoms with Crippen LogP contribution in [0.3, 0.4) is 0 Å². The molecule has 1 aromatic heterocycles. The quantitative estimate of drug-likeness (QED) is 0.0125. The molecule has 12 atom stereocenters. The lowest BCUT2D eigenvalue weighted by Crippen LogP contribution is -2.61. The van der Waals surface area contributed by atoms with Crippen LogP contribution in [-0.4, -0.2) is 238 Å². The highest BCUT2D eigenvalue weighted by Crippen LogP contribution is 2.12. The number of hydrogen-bond acceptors (Lipinski definition) is 21. The minimum atomic E-state index is -1.75. The van der Waals surface area contributed by atoms with Crippen LogP contribution in [0.15, 0.2) is 17.5 Å². The number of aliphatic imine (C=N–C) groups is 1. The molecule has 0 aliphatic carbocycles. The van der Waals surface area contributed by atoms with E-state index in [0.29, 0.717) is 18.7 Å². The van der Waals surface area contributed by atoms with Crippen LogP contribution in [0.4, 0.5) is 0 Å². The van der Waals surface area contributed by atoms with Crippen LogP contribution in [0, 0.1) is 17.8 Å². The third kappa shape index (κ3) is 31.9. The molecule has 14 amide bonds. The Bertz CT molecular complexity index is 2890. The number of guanidine groups is 1. The van der Waals surface area contributed by atoms with E-state index in [-0.39, 0.29) is 56.4 Å². The Hall–Kier alpha value is -9.24. The number of primary amides is 1. The number of carboxylic acid groups (broad SMARTS) is 1. The first-order valence-corrected chi connectivity index (χ1v) is 32.2. The maximum Gasteiger partial charge on any atom is 0.326 e. The predicted octanol–water partition coefficient (Wildman–Crippen LogP) is -8.62. The van der Waals surface area contributed by atoms with Crippen molar-refractivity contribution in [3.8, 4) is 0 Å². The second kappa shape index (κ2) is 43.0. The summed E-state index contributed by atoms with van der Waals surface area (Å²) in [7, 11) is 0. The van der Waals surface area contributed by atoms with Gasteiger partial charge in [0.25, 0.3) is 0 Å². The molecule has 97 heavy (non-hydrogen) atoms.